The van der Waals surface area contributed by atoms with Crippen LogP contribution in [0.15, 0.2) is 60.7 Å². The van der Waals surface area contributed by atoms with Crippen LogP contribution in [-0.4, -0.2) is 47.1 Å². The highest BCUT2D eigenvalue weighted by Crippen LogP contribution is 2.24. The van der Waals surface area contributed by atoms with Crippen molar-refractivity contribution in [1.29, 1.82) is 0 Å². The number of hydrogen-bond acceptors (Lipinski definition) is 4. The summed E-state index contributed by atoms with van der Waals surface area (Å²) < 4.78 is 0. The lowest BCUT2D eigenvalue weighted by Crippen LogP contribution is -2.41. The first-order valence-electron chi connectivity index (χ1n) is 11.5. The normalized spacial score (nSPS) is 26.2. The molecule has 0 amide bonds. The molecule has 4 heteroatoms. The van der Waals surface area contributed by atoms with E-state index in [0.717, 1.165) is 65.0 Å². The zero-order chi connectivity index (χ0) is 21.5. The molecule has 0 spiro atoms. The SMILES string of the molecule is C.CCC1(N)CCN(Cc2ccccc2)C1.CC[C@]1(N)CCN(Cc2ccccc2)C1. The lowest BCUT2D eigenvalue weighted by molar-refractivity contribution is 0.300. The Morgan fingerprint density at radius 1 is 0.677 bits per heavy atom. The van der Waals surface area contributed by atoms with E-state index in [1.165, 1.54) is 11.1 Å². The maximum Gasteiger partial charge on any atom is 0.0293 e. The summed E-state index contributed by atoms with van der Waals surface area (Å²) in [6.07, 6.45) is 4.43. The van der Waals surface area contributed by atoms with Gasteiger partial charge in [0.1, 0.15) is 0 Å². The molecule has 0 aromatic heterocycles. The van der Waals surface area contributed by atoms with E-state index in [0.29, 0.717) is 0 Å². The molecule has 1 unspecified atom stereocenters. The summed E-state index contributed by atoms with van der Waals surface area (Å²) in [6.45, 7) is 10.8. The Hall–Kier alpha value is -1.72. The number of nitrogens with two attached hydrogens (primary N) is 2. The van der Waals surface area contributed by atoms with Crippen LogP contribution in [0.3, 0.4) is 0 Å². The van der Waals surface area contributed by atoms with Gasteiger partial charge in [-0.2, -0.15) is 0 Å². The van der Waals surface area contributed by atoms with Crippen LogP contribution in [0.2, 0.25) is 0 Å². The maximum absolute atomic E-state index is 6.26. The molecular weight excluding hydrogens is 380 g/mol. The second-order valence-electron chi connectivity index (χ2n) is 9.32. The van der Waals surface area contributed by atoms with E-state index in [1.54, 1.807) is 0 Å². The fourth-order valence-corrected chi connectivity index (χ4v) is 4.50. The van der Waals surface area contributed by atoms with Crippen molar-refractivity contribution in [3.05, 3.63) is 71.8 Å². The van der Waals surface area contributed by atoms with E-state index in [2.05, 4.69) is 84.3 Å². The minimum Gasteiger partial charge on any atom is -0.324 e. The number of benzene rings is 2. The predicted octanol–water partition coefficient (Wildman–Crippen LogP) is 4.64. The van der Waals surface area contributed by atoms with Crippen molar-refractivity contribution in [1.82, 2.24) is 9.80 Å². The highest BCUT2D eigenvalue weighted by Gasteiger charge is 2.33. The van der Waals surface area contributed by atoms with Gasteiger partial charge in [-0.05, 0) is 36.8 Å². The van der Waals surface area contributed by atoms with Gasteiger partial charge in [-0.25, -0.2) is 0 Å². The molecule has 0 aliphatic carbocycles. The standard InChI is InChI=1S/2C13H20N2.CH4/c2*1-2-13(14)8-9-15(11-13)10-12-6-4-3-5-7-12;/h2*3-7H,2,8-11,14H2,1H3;1H4/t13-;;/m0../s1. The Labute approximate surface area is 190 Å². The molecule has 4 rings (SSSR count). The Bertz CT molecular complexity index is 685. The summed E-state index contributed by atoms with van der Waals surface area (Å²) in [5.41, 5.74) is 15.4. The van der Waals surface area contributed by atoms with E-state index in [-0.39, 0.29) is 18.5 Å². The smallest absolute Gasteiger partial charge is 0.0293 e. The minimum atomic E-state index is 0. The van der Waals surface area contributed by atoms with Crippen LogP contribution >= 0.6 is 0 Å². The summed E-state index contributed by atoms with van der Waals surface area (Å²) in [7, 11) is 0. The van der Waals surface area contributed by atoms with Crippen molar-refractivity contribution in [2.24, 2.45) is 11.5 Å². The quantitative estimate of drug-likeness (QED) is 0.709. The Morgan fingerprint density at radius 2 is 1.03 bits per heavy atom. The molecule has 2 fully saturated rings. The molecule has 0 radical (unpaired) electrons. The molecule has 2 aromatic carbocycles. The molecule has 172 valence electrons. The van der Waals surface area contributed by atoms with Gasteiger partial charge in [0.05, 0.1) is 0 Å². The Morgan fingerprint density at radius 3 is 1.32 bits per heavy atom. The fraction of sp³-hybridized carbons (Fsp3) is 0.556. The monoisotopic (exact) mass is 424 g/mol. The largest absolute Gasteiger partial charge is 0.324 e. The van der Waals surface area contributed by atoms with Gasteiger partial charge in [-0.1, -0.05) is 81.9 Å². The second kappa shape index (κ2) is 11.8. The van der Waals surface area contributed by atoms with Gasteiger partial charge in [-0.3, -0.25) is 9.80 Å². The van der Waals surface area contributed by atoms with Crippen molar-refractivity contribution in [2.75, 3.05) is 26.2 Å². The molecule has 2 aliphatic heterocycles. The van der Waals surface area contributed by atoms with E-state index in [9.17, 15) is 0 Å². The molecule has 4 nitrogen and oxygen atoms in total. The highest BCUT2D eigenvalue weighted by molar-refractivity contribution is 5.16. The van der Waals surface area contributed by atoms with Crippen LogP contribution in [0.5, 0.6) is 0 Å². The van der Waals surface area contributed by atoms with Crippen LogP contribution in [0.4, 0.5) is 0 Å². The number of hydrogen-bond donors (Lipinski definition) is 2. The van der Waals surface area contributed by atoms with Crippen molar-refractivity contribution in [2.45, 2.75) is 71.1 Å². The first kappa shape index (κ1) is 25.5. The van der Waals surface area contributed by atoms with Crippen molar-refractivity contribution < 1.29 is 0 Å². The Balaban J connectivity index is 0.000000213. The van der Waals surface area contributed by atoms with E-state index in [4.69, 9.17) is 11.5 Å². The maximum atomic E-state index is 6.26. The molecule has 4 N–H and O–H groups in total. The molecule has 2 aromatic rings. The molecule has 2 aliphatic rings. The minimum absolute atomic E-state index is 0. The number of nitrogens with zero attached hydrogens (tertiary/aromatic N) is 2. The van der Waals surface area contributed by atoms with Gasteiger partial charge in [0.15, 0.2) is 0 Å². The molecule has 2 heterocycles. The van der Waals surface area contributed by atoms with Crippen molar-refractivity contribution in [3.8, 4) is 0 Å². The third kappa shape index (κ3) is 7.73. The lowest BCUT2D eigenvalue weighted by atomic mass is 9.97. The third-order valence-electron chi connectivity index (χ3n) is 6.84. The lowest BCUT2D eigenvalue weighted by Gasteiger charge is -2.22. The second-order valence-corrected chi connectivity index (χ2v) is 9.32. The van der Waals surface area contributed by atoms with Crippen LogP contribution in [0.1, 0.15) is 58.1 Å². The Kier molecular flexibility index (Phi) is 9.70. The van der Waals surface area contributed by atoms with E-state index >= 15 is 0 Å². The van der Waals surface area contributed by atoms with Gasteiger partial charge in [0.25, 0.3) is 0 Å². The molecule has 2 atom stereocenters. The fourth-order valence-electron chi connectivity index (χ4n) is 4.50. The molecule has 0 saturated carbocycles. The zero-order valence-corrected chi connectivity index (χ0v) is 18.9. The summed E-state index contributed by atoms with van der Waals surface area (Å²) in [6, 6.07) is 21.2. The van der Waals surface area contributed by atoms with Gasteiger partial charge < -0.3 is 11.5 Å². The average Bonchev–Trinajstić information content (AvgIpc) is 3.33. The molecule has 2 saturated heterocycles. The summed E-state index contributed by atoms with van der Waals surface area (Å²) in [5.74, 6) is 0. The van der Waals surface area contributed by atoms with Gasteiger partial charge in [-0.15, -0.1) is 0 Å². The van der Waals surface area contributed by atoms with Crippen molar-refractivity contribution >= 4 is 0 Å². The predicted molar refractivity (Wildman–Crippen MR) is 134 cm³/mol. The average molecular weight is 425 g/mol. The first-order valence-corrected chi connectivity index (χ1v) is 11.5. The summed E-state index contributed by atoms with van der Waals surface area (Å²) in [5, 5.41) is 0. The zero-order valence-electron chi connectivity index (χ0n) is 18.9. The van der Waals surface area contributed by atoms with Crippen LogP contribution in [0.25, 0.3) is 0 Å². The van der Waals surface area contributed by atoms with Crippen LogP contribution in [-0.2, 0) is 13.1 Å². The first-order chi connectivity index (χ1) is 14.4. The summed E-state index contributed by atoms with van der Waals surface area (Å²) >= 11 is 0. The van der Waals surface area contributed by atoms with Gasteiger partial charge >= 0.3 is 0 Å². The molecular formula is C27H44N4. The summed E-state index contributed by atoms with van der Waals surface area (Å²) in [4.78, 5) is 4.91. The highest BCUT2D eigenvalue weighted by atomic mass is 15.2. The number of rotatable bonds is 6. The number of likely N-dealkylation sites (tertiary alicyclic amines) is 2. The topological polar surface area (TPSA) is 58.5 Å². The van der Waals surface area contributed by atoms with Crippen molar-refractivity contribution in [3.63, 3.8) is 0 Å². The molecule has 31 heavy (non-hydrogen) atoms. The van der Waals surface area contributed by atoms with E-state index in [1.807, 2.05) is 0 Å². The molecule has 0 bridgehead atoms. The van der Waals surface area contributed by atoms with Gasteiger partial charge in [0, 0.05) is 50.3 Å². The van der Waals surface area contributed by atoms with E-state index < -0.39 is 0 Å². The van der Waals surface area contributed by atoms with Gasteiger partial charge in [0.2, 0.25) is 0 Å². The van der Waals surface area contributed by atoms with Crippen LogP contribution < -0.4 is 11.5 Å². The third-order valence-corrected chi connectivity index (χ3v) is 6.84. The van der Waals surface area contributed by atoms with Crippen LogP contribution in [0, 0.1) is 0 Å².